The molecule has 10 heteroatoms. The molecule has 0 aliphatic heterocycles. The van der Waals surface area contributed by atoms with E-state index in [0.29, 0.717) is 0 Å². The van der Waals surface area contributed by atoms with Crippen LogP contribution < -0.4 is 16.8 Å². The number of nitrogen functional groups attached to an aromatic ring is 1. The monoisotopic (exact) mass is 242 g/mol. The van der Waals surface area contributed by atoms with Crippen molar-refractivity contribution in [3.63, 3.8) is 0 Å². The summed E-state index contributed by atoms with van der Waals surface area (Å²) in [5.41, 5.74) is 9.64. The lowest BCUT2D eigenvalue weighted by atomic mass is 10.3. The minimum Gasteiger partial charge on any atom is -0.381 e. The average molecular weight is 242 g/mol. The van der Waals surface area contributed by atoms with Gasteiger partial charge < -0.3 is 21.9 Å². The van der Waals surface area contributed by atoms with Gasteiger partial charge in [0.1, 0.15) is 12.3 Å². The number of hydrogen-bond acceptors (Lipinski definition) is 8. The normalized spacial score (nSPS) is 11.8. The Balaban J connectivity index is 2.85. The summed E-state index contributed by atoms with van der Waals surface area (Å²) in [4.78, 5) is 27.5. The van der Waals surface area contributed by atoms with Crippen molar-refractivity contribution in [1.29, 1.82) is 0 Å². The molecular formula is C7H10N6O4. The van der Waals surface area contributed by atoms with Crippen molar-refractivity contribution < 1.29 is 14.8 Å². The van der Waals surface area contributed by atoms with Crippen molar-refractivity contribution in [2.75, 3.05) is 17.6 Å². The molecule has 1 heterocycles. The van der Waals surface area contributed by atoms with E-state index in [1.807, 2.05) is 0 Å². The molecule has 1 rings (SSSR count). The zero-order valence-electron chi connectivity index (χ0n) is 8.53. The first-order valence-corrected chi connectivity index (χ1v) is 4.40. The molecule has 1 atom stereocenters. The summed E-state index contributed by atoms with van der Waals surface area (Å²) in [5, 5.41) is 22.1. The summed E-state index contributed by atoms with van der Waals surface area (Å²) >= 11 is 0. The second kappa shape index (κ2) is 5.03. The van der Waals surface area contributed by atoms with E-state index >= 15 is 0 Å². The first-order chi connectivity index (χ1) is 7.91. The van der Waals surface area contributed by atoms with Crippen molar-refractivity contribution in [1.82, 2.24) is 9.97 Å². The lowest BCUT2D eigenvalue weighted by Crippen LogP contribution is -2.34. The molecule has 10 nitrogen and oxygen atoms in total. The number of amides is 1. The van der Waals surface area contributed by atoms with Crippen LogP contribution in [0.2, 0.25) is 0 Å². The van der Waals surface area contributed by atoms with Gasteiger partial charge >= 0.3 is 5.69 Å². The number of rotatable bonds is 5. The van der Waals surface area contributed by atoms with Crippen LogP contribution in [0.4, 0.5) is 17.5 Å². The number of carbonyl (C=O) groups excluding carboxylic acids is 1. The van der Waals surface area contributed by atoms with Gasteiger partial charge in [-0.1, -0.05) is 0 Å². The predicted molar refractivity (Wildman–Crippen MR) is 56.8 cm³/mol. The second-order valence-electron chi connectivity index (χ2n) is 3.02. The number of aromatic nitrogens is 2. The smallest absolute Gasteiger partial charge is 0.329 e. The molecule has 6 N–H and O–H groups in total. The van der Waals surface area contributed by atoms with E-state index in [1.165, 1.54) is 0 Å². The van der Waals surface area contributed by atoms with E-state index in [4.69, 9.17) is 16.6 Å². The van der Waals surface area contributed by atoms with Crippen LogP contribution in [-0.4, -0.2) is 38.6 Å². The summed E-state index contributed by atoms with van der Waals surface area (Å²) < 4.78 is 0. The van der Waals surface area contributed by atoms with Crippen LogP contribution in [0.5, 0.6) is 0 Å². The highest BCUT2D eigenvalue weighted by molar-refractivity contribution is 5.79. The third-order valence-corrected chi connectivity index (χ3v) is 1.78. The fourth-order valence-electron chi connectivity index (χ4n) is 0.947. The third kappa shape index (κ3) is 3.24. The Hall–Kier alpha value is -2.49. The molecule has 0 radical (unpaired) electrons. The number of nitro groups is 1. The first kappa shape index (κ1) is 12.6. The largest absolute Gasteiger partial charge is 0.381 e. The minimum atomic E-state index is -1.48. The van der Waals surface area contributed by atoms with E-state index in [0.717, 1.165) is 6.20 Å². The Bertz CT molecular complexity index is 450. The minimum absolute atomic E-state index is 0.174. The quantitative estimate of drug-likeness (QED) is 0.346. The van der Waals surface area contributed by atoms with Crippen molar-refractivity contribution in [3.05, 3.63) is 16.3 Å². The van der Waals surface area contributed by atoms with Gasteiger partial charge in [0.05, 0.1) is 11.5 Å². The Labute approximate surface area is 94.8 Å². The Morgan fingerprint density at radius 2 is 2.35 bits per heavy atom. The number of anilines is 2. The van der Waals surface area contributed by atoms with Crippen LogP contribution in [-0.2, 0) is 4.79 Å². The van der Waals surface area contributed by atoms with Crippen LogP contribution >= 0.6 is 0 Å². The Morgan fingerprint density at radius 3 is 2.88 bits per heavy atom. The van der Waals surface area contributed by atoms with Gasteiger partial charge in [-0.05, 0) is 0 Å². The lowest BCUT2D eigenvalue weighted by molar-refractivity contribution is -0.384. The maximum atomic E-state index is 10.6. The van der Waals surface area contributed by atoms with Crippen molar-refractivity contribution >= 4 is 23.4 Å². The van der Waals surface area contributed by atoms with Gasteiger partial charge in [-0.3, -0.25) is 14.9 Å². The average Bonchev–Trinajstić information content (AvgIpc) is 2.25. The SMILES string of the molecule is NC(=O)C(O)CNc1nc(N)ncc1[N+](=O)[O-]. The van der Waals surface area contributed by atoms with E-state index in [1.54, 1.807) is 0 Å². The molecule has 0 aliphatic carbocycles. The fourth-order valence-corrected chi connectivity index (χ4v) is 0.947. The summed E-state index contributed by atoms with van der Waals surface area (Å²) in [6.45, 7) is -0.313. The number of aliphatic hydroxyl groups is 1. The molecule has 0 aromatic carbocycles. The number of nitrogens with one attached hydrogen (secondary N) is 1. The van der Waals surface area contributed by atoms with E-state index in [-0.39, 0.29) is 18.3 Å². The summed E-state index contributed by atoms with van der Waals surface area (Å²) in [7, 11) is 0. The third-order valence-electron chi connectivity index (χ3n) is 1.78. The topological polar surface area (TPSA) is 170 Å². The number of aliphatic hydroxyl groups excluding tert-OH is 1. The second-order valence-corrected chi connectivity index (χ2v) is 3.02. The van der Waals surface area contributed by atoms with Crippen LogP contribution in [0.1, 0.15) is 0 Å². The van der Waals surface area contributed by atoms with Gasteiger partial charge in [-0.25, -0.2) is 4.98 Å². The standard InChI is InChI=1S/C7H10N6O4/c8-5(15)4(14)2-10-6-3(13(16)17)1-11-7(9)12-6/h1,4,14H,2H2,(H2,8,15)(H3,9,10,11,12). The van der Waals surface area contributed by atoms with E-state index in [2.05, 4.69) is 15.3 Å². The van der Waals surface area contributed by atoms with Crippen LogP contribution in [0.25, 0.3) is 0 Å². The summed E-state index contributed by atoms with van der Waals surface area (Å²) in [5.74, 6) is -1.32. The number of nitrogens with two attached hydrogens (primary N) is 2. The Kier molecular flexibility index (Phi) is 3.72. The fraction of sp³-hybridized carbons (Fsp3) is 0.286. The molecular weight excluding hydrogens is 232 g/mol. The van der Waals surface area contributed by atoms with Crippen molar-refractivity contribution in [2.24, 2.45) is 5.73 Å². The number of carbonyl (C=O) groups is 1. The Morgan fingerprint density at radius 1 is 1.71 bits per heavy atom. The number of primary amides is 1. The lowest BCUT2D eigenvalue weighted by Gasteiger charge is -2.08. The van der Waals surface area contributed by atoms with Crippen LogP contribution in [0, 0.1) is 10.1 Å². The highest BCUT2D eigenvalue weighted by Gasteiger charge is 2.18. The van der Waals surface area contributed by atoms with Crippen LogP contribution in [0.3, 0.4) is 0 Å². The van der Waals surface area contributed by atoms with Gasteiger partial charge in [0.25, 0.3) is 0 Å². The summed E-state index contributed by atoms with van der Waals surface area (Å²) in [6.07, 6.45) is -0.563. The maximum absolute atomic E-state index is 10.6. The van der Waals surface area contributed by atoms with E-state index < -0.39 is 22.6 Å². The maximum Gasteiger partial charge on any atom is 0.329 e. The zero-order chi connectivity index (χ0) is 13.0. The van der Waals surface area contributed by atoms with Gasteiger partial charge in [-0.2, -0.15) is 4.98 Å². The van der Waals surface area contributed by atoms with Gasteiger partial charge in [0.2, 0.25) is 17.7 Å². The molecule has 17 heavy (non-hydrogen) atoms. The molecule has 1 aromatic rings. The molecule has 0 fully saturated rings. The molecule has 1 amide bonds. The van der Waals surface area contributed by atoms with Gasteiger partial charge in [0, 0.05) is 0 Å². The molecule has 0 saturated heterocycles. The molecule has 0 aliphatic rings. The van der Waals surface area contributed by atoms with Crippen LogP contribution in [0.15, 0.2) is 6.20 Å². The van der Waals surface area contributed by atoms with Gasteiger partial charge in [-0.15, -0.1) is 0 Å². The number of nitrogens with zero attached hydrogens (tertiary/aromatic N) is 3. The predicted octanol–water partition coefficient (Wildman–Crippen LogP) is -1.77. The first-order valence-electron chi connectivity index (χ1n) is 4.40. The van der Waals surface area contributed by atoms with Crippen molar-refractivity contribution in [3.8, 4) is 0 Å². The molecule has 92 valence electrons. The molecule has 0 bridgehead atoms. The van der Waals surface area contributed by atoms with Crippen molar-refractivity contribution in [2.45, 2.75) is 6.10 Å². The summed E-state index contributed by atoms with van der Waals surface area (Å²) in [6, 6.07) is 0. The molecule has 0 saturated carbocycles. The molecule has 1 aromatic heterocycles. The molecule has 0 spiro atoms. The highest BCUT2D eigenvalue weighted by Crippen LogP contribution is 2.20. The highest BCUT2D eigenvalue weighted by atomic mass is 16.6. The molecule has 1 unspecified atom stereocenters. The number of hydrogen-bond donors (Lipinski definition) is 4. The zero-order valence-corrected chi connectivity index (χ0v) is 8.53. The van der Waals surface area contributed by atoms with E-state index in [9.17, 15) is 14.9 Å². The van der Waals surface area contributed by atoms with Gasteiger partial charge in [0.15, 0.2) is 0 Å².